The van der Waals surface area contributed by atoms with Crippen molar-refractivity contribution in [2.24, 2.45) is 5.92 Å². The summed E-state index contributed by atoms with van der Waals surface area (Å²) in [5, 5.41) is 4.20. The van der Waals surface area contributed by atoms with E-state index in [2.05, 4.69) is 55.0 Å². The smallest absolute Gasteiger partial charge is 0.0681 e. The van der Waals surface area contributed by atoms with Crippen molar-refractivity contribution in [3.8, 4) is 0 Å². The summed E-state index contributed by atoms with van der Waals surface area (Å²) in [5.41, 5.74) is 0.955. The first kappa shape index (κ1) is 16.3. The van der Waals surface area contributed by atoms with Gasteiger partial charge >= 0.3 is 0 Å². The first-order valence-corrected chi connectivity index (χ1v) is 8.15. The molecule has 4 heteroatoms. The lowest BCUT2D eigenvalue weighted by Gasteiger charge is -2.33. The molecule has 0 bridgehead atoms. The topological polar surface area (TPSA) is 21.3 Å². The molecule has 1 saturated heterocycles. The highest BCUT2D eigenvalue weighted by molar-refractivity contribution is 9.10. The standard InChI is InChI=1S/C16H23BrClNO/c1-15(2)9-13(16(3,4)20-15)14(19-5)10-6-11(17)8-12(18)7-10/h6-8,13-14,19H,9H2,1-5H3. The highest BCUT2D eigenvalue weighted by atomic mass is 79.9. The Kier molecular flexibility index (Phi) is 4.56. The quantitative estimate of drug-likeness (QED) is 0.823. The van der Waals surface area contributed by atoms with E-state index in [0.29, 0.717) is 5.92 Å². The summed E-state index contributed by atoms with van der Waals surface area (Å²) in [6.45, 7) is 8.68. The molecule has 1 heterocycles. The Hall–Kier alpha value is -0.0900. The Balaban J connectivity index is 2.37. The zero-order valence-corrected chi connectivity index (χ0v) is 15.1. The first-order valence-electron chi connectivity index (χ1n) is 6.98. The van der Waals surface area contributed by atoms with Gasteiger partial charge in [0.2, 0.25) is 0 Å². The van der Waals surface area contributed by atoms with E-state index in [4.69, 9.17) is 16.3 Å². The van der Waals surface area contributed by atoms with Crippen LogP contribution in [0.25, 0.3) is 0 Å². The van der Waals surface area contributed by atoms with E-state index in [1.165, 1.54) is 5.56 Å². The van der Waals surface area contributed by atoms with Crippen molar-refractivity contribution in [1.29, 1.82) is 0 Å². The van der Waals surface area contributed by atoms with Crippen LogP contribution in [0, 0.1) is 5.92 Å². The lowest BCUT2D eigenvalue weighted by Crippen LogP contribution is -2.37. The van der Waals surface area contributed by atoms with Gasteiger partial charge in [-0.05, 0) is 64.9 Å². The molecular weight excluding hydrogens is 338 g/mol. The Morgan fingerprint density at radius 2 is 1.95 bits per heavy atom. The molecule has 1 aliphatic heterocycles. The van der Waals surface area contributed by atoms with Gasteiger partial charge in [0.15, 0.2) is 0 Å². The largest absolute Gasteiger partial charge is 0.369 e. The highest BCUT2D eigenvalue weighted by Gasteiger charge is 2.49. The summed E-state index contributed by atoms with van der Waals surface area (Å²) in [7, 11) is 2.00. The molecule has 0 spiro atoms. The summed E-state index contributed by atoms with van der Waals surface area (Å²) < 4.78 is 7.24. The number of rotatable bonds is 3. The van der Waals surface area contributed by atoms with E-state index in [0.717, 1.165) is 15.9 Å². The Bertz CT molecular complexity index is 481. The van der Waals surface area contributed by atoms with E-state index in [1.807, 2.05) is 19.2 Å². The van der Waals surface area contributed by atoms with Crippen LogP contribution in [0.15, 0.2) is 22.7 Å². The van der Waals surface area contributed by atoms with Gasteiger partial charge in [0.05, 0.1) is 11.2 Å². The Morgan fingerprint density at radius 1 is 1.30 bits per heavy atom. The summed E-state index contributed by atoms with van der Waals surface area (Å²) >= 11 is 9.72. The van der Waals surface area contributed by atoms with Crippen molar-refractivity contribution in [3.63, 3.8) is 0 Å². The molecule has 1 aromatic rings. The Morgan fingerprint density at radius 3 is 2.40 bits per heavy atom. The number of hydrogen-bond donors (Lipinski definition) is 1. The van der Waals surface area contributed by atoms with E-state index in [-0.39, 0.29) is 17.2 Å². The van der Waals surface area contributed by atoms with Crippen molar-refractivity contribution >= 4 is 27.5 Å². The number of halogens is 2. The molecule has 1 N–H and O–H groups in total. The molecule has 2 atom stereocenters. The maximum Gasteiger partial charge on any atom is 0.0681 e. The average Bonchev–Trinajstić information content (AvgIpc) is 2.46. The van der Waals surface area contributed by atoms with Crippen molar-refractivity contribution in [2.45, 2.75) is 51.4 Å². The molecule has 0 aliphatic carbocycles. The van der Waals surface area contributed by atoms with Gasteiger partial charge in [-0.25, -0.2) is 0 Å². The van der Waals surface area contributed by atoms with Crippen LogP contribution in [0.1, 0.15) is 45.7 Å². The fourth-order valence-corrected chi connectivity index (χ4v) is 4.37. The van der Waals surface area contributed by atoms with Gasteiger partial charge in [-0.3, -0.25) is 0 Å². The second-order valence-electron chi connectivity index (χ2n) is 6.74. The van der Waals surface area contributed by atoms with Gasteiger partial charge in [-0.2, -0.15) is 0 Å². The average molecular weight is 361 g/mol. The third-order valence-corrected chi connectivity index (χ3v) is 4.78. The van der Waals surface area contributed by atoms with Gasteiger partial charge < -0.3 is 10.1 Å². The SMILES string of the molecule is CNC(c1cc(Cl)cc(Br)c1)C1CC(C)(C)OC1(C)C. The van der Waals surface area contributed by atoms with Gasteiger partial charge in [0.1, 0.15) is 0 Å². The molecule has 0 aromatic heterocycles. The van der Waals surface area contributed by atoms with Crippen molar-refractivity contribution in [1.82, 2.24) is 5.32 Å². The number of nitrogens with one attached hydrogen (secondary N) is 1. The maximum atomic E-state index is 6.23. The molecule has 0 amide bonds. The molecule has 0 radical (unpaired) electrons. The van der Waals surface area contributed by atoms with Crippen LogP contribution in [0.5, 0.6) is 0 Å². The molecule has 2 rings (SSSR count). The first-order chi connectivity index (χ1) is 9.14. The van der Waals surface area contributed by atoms with E-state index < -0.39 is 0 Å². The zero-order valence-electron chi connectivity index (χ0n) is 12.8. The molecule has 2 nitrogen and oxygen atoms in total. The van der Waals surface area contributed by atoms with Crippen LogP contribution in [0.4, 0.5) is 0 Å². The third kappa shape index (κ3) is 3.38. The van der Waals surface area contributed by atoms with Gasteiger partial charge in [-0.15, -0.1) is 0 Å². The van der Waals surface area contributed by atoms with E-state index >= 15 is 0 Å². The molecule has 1 aromatic carbocycles. The molecule has 1 fully saturated rings. The molecular formula is C16H23BrClNO. The fourth-order valence-electron chi connectivity index (χ4n) is 3.48. The second-order valence-corrected chi connectivity index (χ2v) is 8.10. The monoisotopic (exact) mass is 359 g/mol. The third-order valence-electron chi connectivity index (χ3n) is 4.10. The number of ether oxygens (including phenoxy) is 1. The summed E-state index contributed by atoms with van der Waals surface area (Å²) in [6.07, 6.45) is 1.02. The molecule has 2 unspecified atom stereocenters. The fraction of sp³-hybridized carbons (Fsp3) is 0.625. The highest BCUT2D eigenvalue weighted by Crippen LogP contribution is 2.47. The number of hydrogen-bond acceptors (Lipinski definition) is 2. The van der Waals surface area contributed by atoms with Gasteiger partial charge in [-0.1, -0.05) is 27.5 Å². The molecule has 0 saturated carbocycles. The van der Waals surface area contributed by atoms with Gasteiger partial charge in [0.25, 0.3) is 0 Å². The summed E-state index contributed by atoms with van der Waals surface area (Å²) in [6, 6.07) is 6.31. The van der Waals surface area contributed by atoms with Crippen LogP contribution in [0.2, 0.25) is 5.02 Å². The van der Waals surface area contributed by atoms with Crippen LogP contribution < -0.4 is 5.32 Å². The van der Waals surface area contributed by atoms with Crippen LogP contribution in [0.3, 0.4) is 0 Å². The minimum Gasteiger partial charge on any atom is -0.369 e. The van der Waals surface area contributed by atoms with Crippen molar-refractivity contribution in [3.05, 3.63) is 33.3 Å². The van der Waals surface area contributed by atoms with Crippen LogP contribution in [-0.4, -0.2) is 18.2 Å². The summed E-state index contributed by atoms with van der Waals surface area (Å²) in [5.74, 6) is 0.396. The van der Waals surface area contributed by atoms with Crippen molar-refractivity contribution in [2.75, 3.05) is 7.05 Å². The molecule has 20 heavy (non-hydrogen) atoms. The van der Waals surface area contributed by atoms with E-state index in [1.54, 1.807) is 0 Å². The maximum absolute atomic E-state index is 6.23. The van der Waals surface area contributed by atoms with Crippen LogP contribution in [-0.2, 0) is 4.74 Å². The normalized spacial score (nSPS) is 25.6. The van der Waals surface area contributed by atoms with Crippen LogP contribution >= 0.6 is 27.5 Å². The number of benzene rings is 1. The van der Waals surface area contributed by atoms with Crippen molar-refractivity contribution < 1.29 is 4.74 Å². The predicted octanol–water partition coefficient (Wildman–Crippen LogP) is 4.96. The lowest BCUT2D eigenvalue weighted by molar-refractivity contribution is -0.0776. The second kappa shape index (κ2) is 5.60. The lowest BCUT2D eigenvalue weighted by atomic mass is 9.79. The summed E-state index contributed by atoms with van der Waals surface area (Å²) in [4.78, 5) is 0. The predicted molar refractivity (Wildman–Crippen MR) is 88.3 cm³/mol. The minimum atomic E-state index is -0.161. The minimum absolute atomic E-state index is 0.0843. The Labute approximate surface area is 135 Å². The van der Waals surface area contributed by atoms with Gasteiger partial charge in [0, 0.05) is 21.5 Å². The molecule has 112 valence electrons. The zero-order chi connectivity index (χ0) is 15.1. The van der Waals surface area contributed by atoms with E-state index in [9.17, 15) is 0 Å². The molecule has 1 aliphatic rings.